The van der Waals surface area contributed by atoms with Crippen LogP contribution in [0.1, 0.15) is 17.0 Å². The third-order valence-corrected chi connectivity index (χ3v) is 5.31. The van der Waals surface area contributed by atoms with Crippen molar-refractivity contribution in [3.05, 3.63) is 58.0 Å². The third-order valence-electron chi connectivity index (χ3n) is 4.40. The zero-order valence-electron chi connectivity index (χ0n) is 15.1. The van der Waals surface area contributed by atoms with Gasteiger partial charge in [0, 0.05) is 24.1 Å². The predicted octanol–water partition coefficient (Wildman–Crippen LogP) is 3.46. The molecule has 8 heteroatoms. The van der Waals surface area contributed by atoms with E-state index in [4.69, 9.17) is 0 Å². The number of imide groups is 1. The summed E-state index contributed by atoms with van der Waals surface area (Å²) >= 11 is 0.810. The van der Waals surface area contributed by atoms with Crippen molar-refractivity contribution in [2.24, 2.45) is 7.05 Å². The second-order valence-electron chi connectivity index (χ2n) is 6.21. The van der Waals surface area contributed by atoms with Gasteiger partial charge in [-0.25, -0.2) is 4.39 Å². The van der Waals surface area contributed by atoms with Gasteiger partial charge in [-0.3, -0.25) is 19.3 Å². The topological polar surface area (TPSA) is 71.4 Å². The van der Waals surface area contributed by atoms with Crippen LogP contribution in [0.5, 0.6) is 0 Å². The van der Waals surface area contributed by atoms with Crippen LogP contribution in [-0.4, -0.2) is 33.1 Å². The van der Waals surface area contributed by atoms with Crippen LogP contribution in [0.4, 0.5) is 14.9 Å². The summed E-state index contributed by atoms with van der Waals surface area (Å²) in [7, 11) is 1.92. The quantitative estimate of drug-likeness (QED) is 0.816. The highest BCUT2D eigenvalue weighted by Crippen LogP contribution is 2.33. The number of carbonyl (C=O) groups is 3. The normalized spacial score (nSPS) is 15.7. The summed E-state index contributed by atoms with van der Waals surface area (Å²) in [5.41, 5.74) is 3.26. The van der Waals surface area contributed by atoms with Crippen molar-refractivity contribution in [1.82, 2.24) is 9.47 Å². The van der Waals surface area contributed by atoms with E-state index >= 15 is 0 Å². The Morgan fingerprint density at radius 2 is 1.89 bits per heavy atom. The van der Waals surface area contributed by atoms with Crippen LogP contribution in [-0.2, 0) is 16.6 Å². The standard InChI is InChI=1S/C19H18FN3O3S/c1-11-8-13(12(2)22(11)3)9-16-18(25)23(19(26)27-16)10-17(24)21-15-6-4-14(20)5-7-15/h4-9H,10H2,1-3H3,(H,21,24)/b16-9+. The van der Waals surface area contributed by atoms with Crippen molar-refractivity contribution in [3.63, 3.8) is 0 Å². The molecule has 3 rings (SSSR count). The summed E-state index contributed by atoms with van der Waals surface area (Å²) in [6.07, 6.45) is 1.67. The van der Waals surface area contributed by atoms with Crippen LogP contribution in [0.15, 0.2) is 35.2 Å². The Bertz CT molecular complexity index is 963. The van der Waals surface area contributed by atoms with Gasteiger partial charge in [0.15, 0.2) is 0 Å². The maximum absolute atomic E-state index is 12.9. The zero-order valence-corrected chi connectivity index (χ0v) is 15.9. The van der Waals surface area contributed by atoms with Gasteiger partial charge in [0.05, 0.1) is 4.91 Å². The second kappa shape index (κ2) is 7.40. The number of nitrogens with zero attached hydrogens (tertiary/aromatic N) is 2. The van der Waals surface area contributed by atoms with Gasteiger partial charge in [0.25, 0.3) is 11.1 Å². The van der Waals surface area contributed by atoms with Gasteiger partial charge in [0.1, 0.15) is 12.4 Å². The summed E-state index contributed by atoms with van der Waals surface area (Å²) in [5, 5.41) is 2.04. The molecule has 1 aliphatic rings. The lowest BCUT2D eigenvalue weighted by atomic mass is 10.2. The molecule has 0 saturated carbocycles. The lowest BCUT2D eigenvalue weighted by molar-refractivity contribution is -0.127. The van der Waals surface area contributed by atoms with E-state index in [1.165, 1.54) is 24.3 Å². The van der Waals surface area contributed by atoms with E-state index in [0.29, 0.717) is 5.69 Å². The molecule has 1 aromatic carbocycles. The number of hydrogen-bond donors (Lipinski definition) is 1. The molecule has 0 unspecified atom stereocenters. The van der Waals surface area contributed by atoms with Crippen molar-refractivity contribution in [3.8, 4) is 0 Å². The van der Waals surface area contributed by atoms with Crippen LogP contribution < -0.4 is 5.32 Å². The average molecular weight is 387 g/mol. The molecule has 0 bridgehead atoms. The number of amides is 3. The molecular weight excluding hydrogens is 369 g/mol. The zero-order chi connectivity index (χ0) is 19.7. The van der Waals surface area contributed by atoms with E-state index in [2.05, 4.69) is 5.32 Å². The molecule has 1 aliphatic heterocycles. The lowest BCUT2D eigenvalue weighted by Gasteiger charge is -2.12. The lowest BCUT2D eigenvalue weighted by Crippen LogP contribution is -2.36. The van der Waals surface area contributed by atoms with E-state index in [1.807, 2.05) is 31.5 Å². The molecule has 1 N–H and O–H groups in total. The Morgan fingerprint density at radius 3 is 2.48 bits per heavy atom. The highest BCUT2D eigenvalue weighted by atomic mass is 32.2. The number of benzene rings is 1. The maximum Gasteiger partial charge on any atom is 0.294 e. The minimum Gasteiger partial charge on any atom is -0.352 e. The molecule has 0 aliphatic carbocycles. The predicted molar refractivity (Wildman–Crippen MR) is 103 cm³/mol. The van der Waals surface area contributed by atoms with E-state index in [0.717, 1.165) is 33.6 Å². The molecule has 1 saturated heterocycles. The summed E-state index contributed by atoms with van der Waals surface area (Å²) in [5.74, 6) is -1.45. The molecule has 140 valence electrons. The molecule has 0 spiro atoms. The Kier molecular flexibility index (Phi) is 5.18. The molecule has 1 fully saturated rings. The third kappa shape index (κ3) is 3.95. The fourth-order valence-corrected chi connectivity index (χ4v) is 3.51. The number of hydrogen-bond acceptors (Lipinski definition) is 4. The first kappa shape index (κ1) is 18.9. The fourth-order valence-electron chi connectivity index (χ4n) is 2.69. The van der Waals surface area contributed by atoms with Crippen molar-refractivity contribution >= 4 is 40.6 Å². The number of thioether (sulfide) groups is 1. The number of rotatable bonds is 4. The summed E-state index contributed by atoms with van der Waals surface area (Å²) in [6.45, 7) is 3.49. The van der Waals surface area contributed by atoms with Crippen molar-refractivity contribution in [2.75, 3.05) is 11.9 Å². The van der Waals surface area contributed by atoms with Crippen LogP contribution in [0.2, 0.25) is 0 Å². The number of nitrogens with one attached hydrogen (secondary N) is 1. The summed E-state index contributed by atoms with van der Waals surface area (Å²) < 4.78 is 14.9. The van der Waals surface area contributed by atoms with Gasteiger partial charge in [0.2, 0.25) is 5.91 Å². The van der Waals surface area contributed by atoms with E-state index in [-0.39, 0.29) is 4.91 Å². The first-order valence-electron chi connectivity index (χ1n) is 8.20. The molecule has 3 amide bonds. The highest BCUT2D eigenvalue weighted by Gasteiger charge is 2.36. The summed E-state index contributed by atoms with van der Waals surface area (Å²) in [6, 6.07) is 7.17. The Morgan fingerprint density at radius 1 is 1.22 bits per heavy atom. The number of aromatic nitrogens is 1. The second-order valence-corrected chi connectivity index (χ2v) is 7.20. The van der Waals surface area contributed by atoms with Gasteiger partial charge in [-0.2, -0.15) is 0 Å². The molecule has 1 aromatic heterocycles. The molecule has 6 nitrogen and oxygen atoms in total. The maximum atomic E-state index is 12.9. The Balaban J connectivity index is 1.72. The van der Waals surface area contributed by atoms with E-state index in [9.17, 15) is 18.8 Å². The number of carbonyl (C=O) groups excluding carboxylic acids is 3. The largest absolute Gasteiger partial charge is 0.352 e. The SMILES string of the molecule is Cc1cc(/C=C2/SC(=O)N(CC(=O)Nc3ccc(F)cc3)C2=O)c(C)n1C. The highest BCUT2D eigenvalue weighted by molar-refractivity contribution is 8.18. The van der Waals surface area contributed by atoms with E-state index < -0.39 is 29.4 Å². The van der Waals surface area contributed by atoms with Crippen LogP contribution in [0.25, 0.3) is 6.08 Å². The average Bonchev–Trinajstić information content (AvgIpc) is 3.02. The van der Waals surface area contributed by atoms with Gasteiger partial charge in [-0.15, -0.1) is 0 Å². The molecule has 2 heterocycles. The monoisotopic (exact) mass is 387 g/mol. The van der Waals surface area contributed by atoms with Gasteiger partial charge in [-0.1, -0.05) is 0 Å². The number of halogens is 1. The molecule has 27 heavy (non-hydrogen) atoms. The minimum atomic E-state index is -0.531. The molecule has 0 atom stereocenters. The minimum absolute atomic E-state index is 0.281. The number of anilines is 1. The van der Waals surface area contributed by atoms with Gasteiger partial charge in [-0.05, 0) is 67.6 Å². The van der Waals surface area contributed by atoms with Crippen molar-refractivity contribution in [1.29, 1.82) is 0 Å². The Labute approximate surface area is 160 Å². The molecular formula is C19H18FN3O3S. The smallest absolute Gasteiger partial charge is 0.294 e. The Hall–Kier alpha value is -2.87. The van der Waals surface area contributed by atoms with Gasteiger partial charge >= 0.3 is 0 Å². The first-order valence-corrected chi connectivity index (χ1v) is 9.01. The van der Waals surface area contributed by atoms with Crippen LogP contribution in [0.3, 0.4) is 0 Å². The molecule has 2 aromatic rings. The van der Waals surface area contributed by atoms with Crippen LogP contribution in [0, 0.1) is 19.7 Å². The summed E-state index contributed by atoms with van der Waals surface area (Å²) in [4.78, 5) is 38.0. The van der Waals surface area contributed by atoms with Gasteiger partial charge < -0.3 is 9.88 Å². The van der Waals surface area contributed by atoms with Crippen molar-refractivity contribution in [2.45, 2.75) is 13.8 Å². The van der Waals surface area contributed by atoms with E-state index in [1.54, 1.807) is 6.08 Å². The van der Waals surface area contributed by atoms with Crippen LogP contribution >= 0.6 is 11.8 Å². The molecule has 0 radical (unpaired) electrons. The van der Waals surface area contributed by atoms with Crippen molar-refractivity contribution < 1.29 is 18.8 Å². The first-order chi connectivity index (χ1) is 12.8. The fraction of sp³-hybridized carbons (Fsp3) is 0.211. The number of aryl methyl sites for hydroxylation is 1.